The second-order valence-electron chi connectivity index (χ2n) is 6.80. The van der Waals surface area contributed by atoms with Crippen molar-refractivity contribution in [2.24, 2.45) is 0 Å². The van der Waals surface area contributed by atoms with Crippen LogP contribution in [0.1, 0.15) is 43.1 Å². The van der Waals surface area contributed by atoms with Crippen LogP contribution in [-0.2, 0) is 16.0 Å². The van der Waals surface area contributed by atoms with E-state index in [9.17, 15) is 4.79 Å². The molecule has 2 aliphatic rings. The molecule has 1 N–H and O–H groups in total. The molecular weight excluding hydrogens is 320 g/mol. The van der Waals surface area contributed by atoms with Crippen molar-refractivity contribution in [3.63, 3.8) is 0 Å². The number of para-hydroxylation sites is 1. The molecule has 0 spiro atoms. The van der Waals surface area contributed by atoms with Crippen LogP contribution in [0.15, 0.2) is 24.3 Å². The fourth-order valence-electron chi connectivity index (χ4n) is 3.23. The van der Waals surface area contributed by atoms with Gasteiger partial charge in [-0.25, -0.2) is 4.98 Å². The zero-order chi connectivity index (χ0) is 17.4. The van der Waals surface area contributed by atoms with E-state index < -0.39 is 6.10 Å². The maximum atomic E-state index is 12.9. The number of morpholine rings is 1. The lowest BCUT2D eigenvalue weighted by molar-refractivity contribution is -0.146. The summed E-state index contributed by atoms with van der Waals surface area (Å²) in [4.78, 5) is 19.2. The highest BCUT2D eigenvalue weighted by Crippen LogP contribution is 2.30. The van der Waals surface area contributed by atoms with E-state index in [1.54, 1.807) is 0 Å². The van der Waals surface area contributed by atoms with Gasteiger partial charge < -0.3 is 14.4 Å². The Hall–Kier alpha value is -2.41. The Morgan fingerprint density at radius 1 is 1.36 bits per heavy atom. The smallest absolute Gasteiger partial charge is 0.264 e. The molecule has 4 rings (SSSR count). The molecule has 1 aromatic carbocycles. The number of rotatable bonds is 3. The average molecular weight is 342 g/mol. The van der Waals surface area contributed by atoms with Gasteiger partial charge in [-0.15, -0.1) is 0 Å². The van der Waals surface area contributed by atoms with Crippen LogP contribution in [0.4, 0.5) is 0 Å². The summed E-state index contributed by atoms with van der Waals surface area (Å²) in [5, 5.41) is 7.17. The second-order valence-corrected chi connectivity index (χ2v) is 6.80. The van der Waals surface area contributed by atoms with E-state index in [4.69, 9.17) is 9.47 Å². The van der Waals surface area contributed by atoms with Gasteiger partial charge in [0.15, 0.2) is 17.8 Å². The number of nitrogens with zero attached hydrogens (tertiary/aromatic N) is 3. The fraction of sp³-hybridized carbons (Fsp3) is 0.500. The molecule has 1 fully saturated rings. The molecule has 0 saturated carbocycles. The number of fused-ring (bicyclic) bond motifs is 1. The minimum absolute atomic E-state index is 0.00750. The average Bonchev–Trinajstić information content (AvgIpc) is 3.28. The van der Waals surface area contributed by atoms with Crippen molar-refractivity contribution in [3.8, 4) is 5.75 Å². The molecule has 1 aromatic heterocycles. The van der Waals surface area contributed by atoms with Gasteiger partial charge in [-0.3, -0.25) is 9.89 Å². The van der Waals surface area contributed by atoms with Crippen LogP contribution < -0.4 is 4.74 Å². The van der Waals surface area contributed by atoms with E-state index >= 15 is 0 Å². The fourth-order valence-corrected chi connectivity index (χ4v) is 3.23. The highest BCUT2D eigenvalue weighted by Gasteiger charge is 2.35. The second kappa shape index (κ2) is 6.48. The molecule has 0 aliphatic carbocycles. The molecule has 132 valence electrons. The van der Waals surface area contributed by atoms with Gasteiger partial charge >= 0.3 is 0 Å². The molecule has 25 heavy (non-hydrogen) atoms. The summed E-state index contributed by atoms with van der Waals surface area (Å²) in [6, 6.07) is 7.81. The number of carbonyl (C=O) groups is 1. The van der Waals surface area contributed by atoms with Gasteiger partial charge in [0.25, 0.3) is 5.91 Å². The Bertz CT molecular complexity index is 748. The summed E-state index contributed by atoms with van der Waals surface area (Å²) in [5.41, 5.74) is 1.09. The van der Waals surface area contributed by atoms with Crippen LogP contribution in [0.3, 0.4) is 0 Å². The van der Waals surface area contributed by atoms with Gasteiger partial charge in [-0.1, -0.05) is 32.0 Å². The highest BCUT2D eigenvalue weighted by molar-refractivity contribution is 5.82. The van der Waals surface area contributed by atoms with E-state index in [-0.39, 0.29) is 17.9 Å². The van der Waals surface area contributed by atoms with Crippen molar-refractivity contribution >= 4 is 5.91 Å². The first-order chi connectivity index (χ1) is 12.1. The number of hydrogen-bond acceptors (Lipinski definition) is 5. The van der Waals surface area contributed by atoms with Crippen LogP contribution in [0, 0.1) is 0 Å². The van der Waals surface area contributed by atoms with E-state index in [0.29, 0.717) is 31.9 Å². The lowest BCUT2D eigenvalue weighted by Crippen LogP contribution is -2.48. The molecule has 0 unspecified atom stereocenters. The molecule has 1 amide bonds. The standard InChI is InChI=1S/C18H22N4O3/c1-11(2)16-19-17(21-20-16)15-10-22(7-8-24-15)18(23)14-9-12-5-3-4-6-13(12)25-14/h3-6,11,14-15H,7-10H2,1-2H3,(H,19,20,21)/t14-,15-/m1/s1. The minimum Gasteiger partial charge on any atom is -0.480 e. The van der Waals surface area contributed by atoms with Crippen molar-refractivity contribution < 1.29 is 14.3 Å². The van der Waals surface area contributed by atoms with Gasteiger partial charge in [-0.2, -0.15) is 5.10 Å². The maximum Gasteiger partial charge on any atom is 0.264 e. The summed E-state index contributed by atoms with van der Waals surface area (Å²) >= 11 is 0. The normalized spacial score (nSPS) is 22.8. The molecule has 2 atom stereocenters. The lowest BCUT2D eigenvalue weighted by atomic mass is 10.1. The van der Waals surface area contributed by atoms with Crippen LogP contribution in [0.25, 0.3) is 0 Å². The number of aromatic amines is 1. The van der Waals surface area contributed by atoms with Crippen molar-refractivity contribution in [2.45, 2.75) is 38.4 Å². The Labute approximate surface area is 146 Å². The number of amides is 1. The third-order valence-corrected chi connectivity index (χ3v) is 4.64. The summed E-state index contributed by atoms with van der Waals surface area (Å²) in [5.74, 6) is 2.50. The van der Waals surface area contributed by atoms with Crippen LogP contribution in [0.2, 0.25) is 0 Å². The molecule has 7 heteroatoms. The van der Waals surface area contributed by atoms with Crippen molar-refractivity contribution in [3.05, 3.63) is 41.5 Å². The molecular formula is C18H22N4O3. The summed E-state index contributed by atoms with van der Waals surface area (Å²) in [6.07, 6.45) is -0.102. The number of carbonyl (C=O) groups excluding carboxylic acids is 1. The Morgan fingerprint density at radius 3 is 2.96 bits per heavy atom. The molecule has 0 bridgehead atoms. The summed E-state index contributed by atoms with van der Waals surface area (Å²) < 4.78 is 11.6. The molecule has 0 radical (unpaired) electrons. The molecule has 1 saturated heterocycles. The van der Waals surface area contributed by atoms with Crippen LogP contribution >= 0.6 is 0 Å². The largest absolute Gasteiger partial charge is 0.480 e. The van der Waals surface area contributed by atoms with E-state index in [2.05, 4.69) is 15.2 Å². The van der Waals surface area contributed by atoms with E-state index in [1.165, 1.54) is 0 Å². The van der Waals surface area contributed by atoms with Crippen LogP contribution in [-0.4, -0.2) is 51.8 Å². The Balaban J connectivity index is 1.43. The van der Waals surface area contributed by atoms with Crippen molar-refractivity contribution in [1.29, 1.82) is 0 Å². The van der Waals surface area contributed by atoms with Crippen molar-refractivity contribution in [1.82, 2.24) is 20.1 Å². The predicted octanol–water partition coefficient (Wildman–Crippen LogP) is 1.83. The SMILES string of the molecule is CC(C)c1n[nH]c([C@H]2CN(C(=O)[C@H]3Cc4ccccc4O3)CCO2)n1. The lowest BCUT2D eigenvalue weighted by Gasteiger charge is -2.33. The Kier molecular flexibility index (Phi) is 4.17. The number of H-pyrrole nitrogens is 1. The van der Waals surface area contributed by atoms with Gasteiger partial charge in [0.1, 0.15) is 11.9 Å². The van der Waals surface area contributed by atoms with E-state index in [0.717, 1.165) is 17.1 Å². The van der Waals surface area contributed by atoms with Crippen molar-refractivity contribution in [2.75, 3.05) is 19.7 Å². The number of benzene rings is 1. The van der Waals surface area contributed by atoms with E-state index in [1.807, 2.05) is 43.0 Å². The first-order valence-electron chi connectivity index (χ1n) is 8.69. The summed E-state index contributed by atoms with van der Waals surface area (Å²) in [7, 11) is 0. The van der Waals surface area contributed by atoms with Gasteiger partial charge in [-0.05, 0) is 11.6 Å². The quantitative estimate of drug-likeness (QED) is 0.920. The topological polar surface area (TPSA) is 80.3 Å². The zero-order valence-corrected chi connectivity index (χ0v) is 14.4. The molecule has 2 aliphatic heterocycles. The molecule has 7 nitrogen and oxygen atoms in total. The maximum absolute atomic E-state index is 12.9. The van der Waals surface area contributed by atoms with Gasteiger partial charge in [0.05, 0.1) is 13.2 Å². The number of aromatic nitrogens is 3. The summed E-state index contributed by atoms with van der Waals surface area (Å²) in [6.45, 7) is 5.59. The first-order valence-corrected chi connectivity index (χ1v) is 8.69. The molecule has 3 heterocycles. The third-order valence-electron chi connectivity index (χ3n) is 4.64. The van der Waals surface area contributed by atoms with Gasteiger partial charge in [0.2, 0.25) is 0 Å². The first kappa shape index (κ1) is 16.1. The minimum atomic E-state index is -0.447. The number of ether oxygens (including phenoxy) is 2. The monoisotopic (exact) mass is 342 g/mol. The van der Waals surface area contributed by atoms with Crippen LogP contribution in [0.5, 0.6) is 5.75 Å². The number of hydrogen-bond donors (Lipinski definition) is 1. The highest BCUT2D eigenvalue weighted by atomic mass is 16.5. The zero-order valence-electron chi connectivity index (χ0n) is 14.4. The third kappa shape index (κ3) is 3.11. The van der Waals surface area contributed by atoms with Gasteiger partial charge in [0, 0.05) is 18.9 Å². The Morgan fingerprint density at radius 2 is 2.20 bits per heavy atom. The predicted molar refractivity (Wildman–Crippen MR) is 90.3 cm³/mol. The number of nitrogens with one attached hydrogen (secondary N) is 1. The molecule has 2 aromatic rings.